The maximum Gasteiger partial charge on any atom is 0.391 e. The van der Waals surface area contributed by atoms with Crippen LogP contribution in [-0.4, -0.2) is 12.2 Å². The van der Waals surface area contributed by atoms with E-state index in [-0.39, 0.29) is 24.9 Å². The summed E-state index contributed by atoms with van der Waals surface area (Å²) in [5.41, 5.74) is 0.818. The molecule has 0 aliphatic heterocycles. The Balaban J connectivity index is 2.02. The number of alkyl halides is 3. The molecule has 21 heavy (non-hydrogen) atoms. The molecule has 0 saturated heterocycles. The molecular weight excluding hydrogens is 322 g/mol. The first kappa shape index (κ1) is 16.9. The van der Waals surface area contributed by atoms with Crippen molar-refractivity contribution in [2.75, 3.05) is 0 Å². The first-order valence-corrected chi connectivity index (χ1v) is 7.80. The number of hydrogen-bond acceptors (Lipinski definition) is 1. The molecule has 1 aromatic carbocycles. The Morgan fingerprint density at radius 2 is 1.95 bits per heavy atom. The predicted octanol–water partition coefficient (Wildman–Crippen LogP) is 5.77. The summed E-state index contributed by atoms with van der Waals surface area (Å²) < 4.78 is 38.5. The maximum absolute atomic E-state index is 12.8. The molecule has 1 fully saturated rings. The second-order valence-corrected chi connectivity index (χ2v) is 6.50. The van der Waals surface area contributed by atoms with Gasteiger partial charge in [0, 0.05) is 22.1 Å². The van der Waals surface area contributed by atoms with Gasteiger partial charge in [-0.2, -0.15) is 13.2 Å². The minimum Gasteiger partial charge on any atom is -0.307 e. The number of benzene rings is 1. The van der Waals surface area contributed by atoms with Crippen LogP contribution in [0.2, 0.25) is 10.0 Å². The molecule has 2 rings (SSSR count). The molecule has 1 nitrogen and oxygen atoms in total. The quantitative estimate of drug-likeness (QED) is 0.737. The zero-order valence-corrected chi connectivity index (χ0v) is 13.2. The van der Waals surface area contributed by atoms with Gasteiger partial charge in [0.25, 0.3) is 0 Å². The Bertz CT molecular complexity index is 490. The smallest absolute Gasteiger partial charge is 0.307 e. The molecule has 0 radical (unpaired) electrons. The largest absolute Gasteiger partial charge is 0.391 e. The summed E-state index contributed by atoms with van der Waals surface area (Å²) in [6.45, 7) is 1.90. The highest BCUT2D eigenvalue weighted by Gasteiger charge is 2.42. The van der Waals surface area contributed by atoms with Gasteiger partial charge in [-0.25, -0.2) is 0 Å². The van der Waals surface area contributed by atoms with Crippen molar-refractivity contribution >= 4 is 23.2 Å². The van der Waals surface area contributed by atoms with Crippen LogP contribution in [0.5, 0.6) is 0 Å². The van der Waals surface area contributed by atoms with E-state index in [2.05, 4.69) is 5.32 Å². The lowest BCUT2D eigenvalue weighted by Crippen LogP contribution is -2.39. The lowest BCUT2D eigenvalue weighted by Gasteiger charge is -2.33. The fraction of sp³-hybridized carbons (Fsp3) is 0.600. The van der Waals surface area contributed by atoms with Crippen LogP contribution in [0.3, 0.4) is 0 Å². The fourth-order valence-corrected chi connectivity index (χ4v) is 3.39. The lowest BCUT2D eigenvalue weighted by atomic mass is 9.85. The molecule has 0 spiro atoms. The van der Waals surface area contributed by atoms with Gasteiger partial charge in [0.05, 0.1) is 5.92 Å². The highest BCUT2D eigenvalue weighted by molar-refractivity contribution is 6.33. The summed E-state index contributed by atoms with van der Waals surface area (Å²) in [5.74, 6) is -1.20. The van der Waals surface area contributed by atoms with Gasteiger partial charge in [-0.15, -0.1) is 0 Å². The van der Waals surface area contributed by atoms with E-state index in [0.717, 1.165) is 12.0 Å². The van der Waals surface area contributed by atoms with Crippen LogP contribution >= 0.6 is 23.2 Å². The van der Waals surface area contributed by atoms with E-state index >= 15 is 0 Å². The maximum atomic E-state index is 12.8. The fourth-order valence-electron chi connectivity index (χ4n) is 2.93. The number of nitrogens with one attached hydrogen (secondary N) is 1. The average Bonchev–Trinajstić information content (AvgIpc) is 2.41. The van der Waals surface area contributed by atoms with Crippen LogP contribution in [0.1, 0.15) is 44.2 Å². The summed E-state index contributed by atoms with van der Waals surface area (Å²) in [5, 5.41) is 4.40. The van der Waals surface area contributed by atoms with Gasteiger partial charge in [0.1, 0.15) is 0 Å². The second kappa shape index (κ2) is 6.76. The minimum atomic E-state index is -4.10. The van der Waals surface area contributed by atoms with E-state index in [1.54, 1.807) is 18.2 Å². The second-order valence-electron chi connectivity index (χ2n) is 5.66. The van der Waals surface area contributed by atoms with Gasteiger partial charge in [0.15, 0.2) is 0 Å². The van der Waals surface area contributed by atoms with Crippen LogP contribution in [0.25, 0.3) is 0 Å². The van der Waals surface area contributed by atoms with Crippen LogP contribution < -0.4 is 5.32 Å². The first-order chi connectivity index (χ1) is 9.77. The van der Waals surface area contributed by atoms with Gasteiger partial charge >= 0.3 is 6.18 Å². The van der Waals surface area contributed by atoms with Crippen molar-refractivity contribution in [1.29, 1.82) is 0 Å². The van der Waals surface area contributed by atoms with Crippen molar-refractivity contribution in [1.82, 2.24) is 5.32 Å². The molecule has 0 bridgehead atoms. The van der Waals surface area contributed by atoms with Gasteiger partial charge in [-0.3, -0.25) is 0 Å². The molecule has 1 saturated carbocycles. The van der Waals surface area contributed by atoms with Crippen LogP contribution in [-0.2, 0) is 0 Å². The standard InChI is InChI=1S/C15H18Cl2F3N/c1-9(13-8-11(16)5-6-14(13)17)21-12-4-2-3-10(7-12)15(18,19)20/h5-6,8-10,12,21H,2-4,7H2,1H3. The molecule has 3 atom stereocenters. The molecule has 6 heteroatoms. The third-order valence-corrected chi connectivity index (χ3v) is 4.63. The highest BCUT2D eigenvalue weighted by atomic mass is 35.5. The third-order valence-electron chi connectivity index (χ3n) is 4.05. The Morgan fingerprint density at radius 3 is 2.62 bits per heavy atom. The Hall–Kier alpha value is -0.450. The zero-order valence-electron chi connectivity index (χ0n) is 11.7. The van der Waals surface area contributed by atoms with E-state index in [1.165, 1.54) is 0 Å². The third kappa shape index (κ3) is 4.51. The minimum absolute atomic E-state index is 0.131. The van der Waals surface area contributed by atoms with Crippen molar-refractivity contribution in [2.24, 2.45) is 5.92 Å². The summed E-state index contributed by atoms with van der Waals surface area (Å²) in [4.78, 5) is 0. The molecular formula is C15H18Cl2F3N. The number of halogens is 5. The monoisotopic (exact) mass is 339 g/mol. The molecule has 1 N–H and O–H groups in total. The summed E-state index contributed by atoms with van der Waals surface area (Å²) in [6, 6.07) is 4.88. The van der Waals surface area contributed by atoms with E-state index in [1.807, 2.05) is 6.92 Å². The van der Waals surface area contributed by atoms with Gasteiger partial charge < -0.3 is 5.32 Å². The number of rotatable bonds is 3. The zero-order chi connectivity index (χ0) is 15.6. The summed E-state index contributed by atoms with van der Waals surface area (Å²) in [7, 11) is 0. The van der Waals surface area contributed by atoms with Crippen LogP contribution in [0.15, 0.2) is 18.2 Å². The van der Waals surface area contributed by atoms with E-state index in [9.17, 15) is 13.2 Å². The SMILES string of the molecule is CC(NC1CCCC(C(F)(F)F)C1)c1cc(Cl)ccc1Cl. The summed E-state index contributed by atoms with van der Waals surface area (Å²) >= 11 is 12.1. The molecule has 3 unspecified atom stereocenters. The lowest BCUT2D eigenvalue weighted by molar-refractivity contribution is -0.183. The topological polar surface area (TPSA) is 12.0 Å². The van der Waals surface area contributed by atoms with Crippen molar-refractivity contribution < 1.29 is 13.2 Å². The van der Waals surface area contributed by atoms with E-state index in [0.29, 0.717) is 16.5 Å². The average molecular weight is 340 g/mol. The van der Waals surface area contributed by atoms with Crippen molar-refractivity contribution in [3.63, 3.8) is 0 Å². The molecule has 1 aromatic rings. The Kier molecular flexibility index (Phi) is 5.44. The van der Waals surface area contributed by atoms with Crippen molar-refractivity contribution in [3.8, 4) is 0 Å². The van der Waals surface area contributed by atoms with Crippen molar-refractivity contribution in [3.05, 3.63) is 33.8 Å². The molecule has 1 aliphatic carbocycles. The van der Waals surface area contributed by atoms with Gasteiger partial charge in [0.2, 0.25) is 0 Å². The predicted molar refractivity (Wildman–Crippen MR) is 79.8 cm³/mol. The highest BCUT2D eigenvalue weighted by Crippen LogP contribution is 2.38. The first-order valence-electron chi connectivity index (χ1n) is 7.05. The number of hydrogen-bond donors (Lipinski definition) is 1. The van der Waals surface area contributed by atoms with E-state index < -0.39 is 12.1 Å². The normalized spacial score (nSPS) is 24.9. The Labute approximate surface area is 132 Å². The molecule has 1 aliphatic rings. The van der Waals surface area contributed by atoms with Crippen LogP contribution in [0, 0.1) is 5.92 Å². The summed E-state index contributed by atoms with van der Waals surface area (Å²) in [6.07, 6.45) is -2.38. The van der Waals surface area contributed by atoms with Crippen molar-refractivity contribution in [2.45, 2.75) is 50.9 Å². The van der Waals surface area contributed by atoms with Gasteiger partial charge in [-0.05, 0) is 49.9 Å². The molecule has 0 aromatic heterocycles. The molecule has 118 valence electrons. The van der Waals surface area contributed by atoms with E-state index in [4.69, 9.17) is 23.2 Å². The van der Waals surface area contributed by atoms with Gasteiger partial charge in [-0.1, -0.05) is 29.6 Å². The molecule has 0 heterocycles. The molecule has 0 amide bonds. The van der Waals surface area contributed by atoms with Crippen LogP contribution in [0.4, 0.5) is 13.2 Å². The Morgan fingerprint density at radius 1 is 1.24 bits per heavy atom.